The molecule has 1 heterocycles. The predicted molar refractivity (Wildman–Crippen MR) is 71.9 cm³/mol. The zero-order valence-electron chi connectivity index (χ0n) is 10.5. The number of anilines is 2. The van der Waals surface area contributed by atoms with Gasteiger partial charge in [0.05, 0.1) is 6.04 Å². The van der Waals surface area contributed by atoms with E-state index in [0.717, 1.165) is 5.82 Å². The third-order valence-electron chi connectivity index (χ3n) is 3.05. The Morgan fingerprint density at radius 2 is 1.89 bits per heavy atom. The molecular weight excluding hydrogens is 229 g/mol. The Morgan fingerprint density at radius 1 is 1.17 bits per heavy atom. The smallest absolute Gasteiger partial charge is 0.131 e. The molecule has 0 aliphatic rings. The van der Waals surface area contributed by atoms with Crippen molar-refractivity contribution in [2.24, 2.45) is 0 Å². The Labute approximate surface area is 106 Å². The molecule has 0 spiro atoms. The summed E-state index contributed by atoms with van der Waals surface area (Å²) in [6.07, 6.45) is 0. The molecule has 94 valence electrons. The van der Waals surface area contributed by atoms with Gasteiger partial charge in [0.1, 0.15) is 17.5 Å². The molecule has 0 aliphatic heterocycles. The number of nitrogens with two attached hydrogens (primary N) is 1. The van der Waals surface area contributed by atoms with Gasteiger partial charge in [0.25, 0.3) is 0 Å². The highest BCUT2D eigenvalue weighted by Gasteiger charge is 2.16. The van der Waals surface area contributed by atoms with E-state index in [2.05, 4.69) is 4.98 Å². The fraction of sp³-hybridized carbons (Fsp3) is 0.214. The van der Waals surface area contributed by atoms with E-state index in [-0.39, 0.29) is 11.9 Å². The first-order valence-electron chi connectivity index (χ1n) is 5.79. The second kappa shape index (κ2) is 5.04. The number of aromatic nitrogens is 1. The molecule has 18 heavy (non-hydrogen) atoms. The number of benzene rings is 1. The fourth-order valence-corrected chi connectivity index (χ4v) is 1.86. The summed E-state index contributed by atoms with van der Waals surface area (Å²) in [7, 11) is 1.87. The summed E-state index contributed by atoms with van der Waals surface area (Å²) in [5.41, 5.74) is 6.30. The maximum absolute atomic E-state index is 13.7. The van der Waals surface area contributed by atoms with Crippen molar-refractivity contribution in [1.29, 1.82) is 0 Å². The van der Waals surface area contributed by atoms with Gasteiger partial charge in [-0.3, -0.25) is 0 Å². The minimum absolute atomic E-state index is 0.111. The van der Waals surface area contributed by atoms with Crippen molar-refractivity contribution in [3.8, 4) is 0 Å². The lowest BCUT2D eigenvalue weighted by Gasteiger charge is -2.26. The maximum atomic E-state index is 13.7. The molecule has 4 heteroatoms. The topological polar surface area (TPSA) is 42.1 Å². The third-order valence-corrected chi connectivity index (χ3v) is 3.05. The average Bonchev–Trinajstić information content (AvgIpc) is 2.37. The first-order chi connectivity index (χ1) is 8.59. The van der Waals surface area contributed by atoms with Gasteiger partial charge in [-0.1, -0.05) is 24.3 Å². The van der Waals surface area contributed by atoms with E-state index in [4.69, 9.17) is 5.73 Å². The van der Waals surface area contributed by atoms with Crippen LogP contribution in [0.3, 0.4) is 0 Å². The van der Waals surface area contributed by atoms with Gasteiger partial charge in [-0.15, -0.1) is 0 Å². The SMILES string of the molecule is CC(c1ccccc1F)N(C)c1cccc(N)n1. The molecule has 0 fully saturated rings. The monoisotopic (exact) mass is 245 g/mol. The van der Waals surface area contributed by atoms with Crippen LogP contribution < -0.4 is 10.6 Å². The molecule has 2 N–H and O–H groups in total. The van der Waals surface area contributed by atoms with E-state index in [1.807, 2.05) is 37.1 Å². The number of pyridine rings is 1. The molecule has 2 rings (SSSR count). The Bertz CT molecular complexity index is 542. The molecule has 0 bridgehead atoms. The number of nitrogen functional groups attached to an aromatic ring is 1. The largest absolute Gasteiger partial charge is 0.384 e. The fourth-order valence-electron chi connectivity index (χ4n) is 1.86. The second-order valence-corrected chi connectivity index (χ2v) is 4.23. The minimum Gasteiger partial charge on any atom is -0.384 e. The quantitative estimate of drug-likeness (QED) is 0.903. The predicted octanol–water partition coefficient (Wildman–Crippen LogP) is 3.00. The van der Waals surface area contributed by atoms with Crippen molar-refractivity contribution < 1.29 is 4.39 Å². The summed E-state index contributed by atoms with van der Waals surface area (Å²) in [6, 6.07) is 12.1. The third kappa shape index (κ3) is 2.42. The van der Waals surface area contributed by atoms with E-state index in [1.165, 1.54) is 6.07 Å². The van der Waals surface area contributed by atoms with Gasteiger partial charge < -0.3 is 10.6 Å². The Hall–Kier alpha value is -2.10. The van der Waals surface area contributed by atoms with Crippen LogP contribution in [0.25, 0.3) is 0 Å². The minimum atomic E-state index is -0.208. The number of nitrogens with zero attached hydrogens (tertiary/aromatic N) is 2. The van der Waals surface area contributed by atoms with Crippen molar-refractivity contribution in [3.05, 3.63) is 53.8 Å². The first-order valence-corrected chi connectivity index (χ1v) is 5.79. The summed E-state index contributed by atoms with van der Waals surface area (Å²) < 4.78 is 13.7. The van der Waals surface area contributed by atoms with E-state index in [0.29, 0.717) is 11.4 Å². The Balaban J connectivity index is 2.29. The maximum Gasteiger partial charge on any atom is 0.131 e. The number of rotatable bonds is 3. The van der Waals surface area contributed by atoms with Crippen LogP contribution in [0.2, 0.25) is 0 Å². The van der Waals surface area contributed by atoms with Crippen LogP contribution in [-0.2, 0) is 0 Å². The summed E-state index contributed by atoms with van der Waals surface area (Å²) in [6.45, 7) is 1.93. The van der Waals surface area contributed by atoms with Crippen molar-refractivity contribution >= 4 is 11.6 Å². The van der Waals surface area contributed by atoms with Crippen molar-refractivity contribution in [3.63, 3.8) is 0 Å². The van der Waals surface area contributed by atoms with Crippen molar-refractivity contribution in [2.75, 3.05) is 17.7 Å². The van der Waals surface area contributed by atoms with Crippen molar-refractivity contribution in [2.45, 2.75) is 13.0 Å². The standard InChI is InChI=1S/C14H16FN3/c1-10(11-6-3-4-7-12(11)15)18(2)14-9-5-8-13(16)17-14/h3-10H,1-2H3,(H2,16,17). The highest BCUT2D eigenvalue weighted by atomic mass is 19.1. The molecule has 0 aliphatic carbocycles. The van der Waals surface area contributed by atoms with Crippen LogP contribution in [0.4, 0.5) is 16.0 Å². The summed E-state index contributed by atoms with van der Waals surface area (Å²) in [4.78, 5) is 6.13. The second-order valence-electron chi connectivity index (χ2n) is 4.23. The number of halogens is 1. The highest BCUT2D eigenvalue weighted by molar-refractivity contribution is 5.46. The zero-order valence-corrected chi connectivity index (χ0v) is 10.5. The molecular formula is C14H16FN3. The average molecular weight is 245 g/mol. The van der Waals surface area contributed by atoms with Gasteiger partial charge in [0.2, 0.25) is 0 Å². The van der Waals surface area contributed by atoms with Crippen LogP contribution in [0, 0.1) is 5.82 Å². The summed E-state index contributed by atoms with van der Waals surface area (Å²) in [5.74, 6) is 0.978. The molecule has 1 aromatic heterocycles. The molecule has 0 saturated heterocycles. The molecule has 1 unspecified atom stereocenters. The van der Waals surface area contributed by atoms with E-state index in [9.17, 15) is 4.39 Å². The van der Waals surface area contributed by atoms with Crippen LogP contribution in [-0.4, -0.2) is 12.0 Å². The molecule has 3 nitrogen and oxygen atoms in total. The van der Waals surface area contributed by atoms with Crippen molar-refractivity contribution in [1.82, 2.24) is 4.98 Å². The highest BCUT2D eigenvalue weighted by Crippen LogP contribution is 2.25. The molecule has 1 atom stereocenters. The summed E-state index contributed by atoms with van der Waals surface area (Å²) in [5, 5.41) is 0. The van der Waals surface area contributed by atoms with Crippen LogP contribution >= 0.6 is 0 Å². The molecule has 0 radical (unpaired) electrons. The molecule has 0 saturated carbocycles. The van der Waals surface area contributed by atoms with Gasteiger partial charge in [0.15, 0.2) is 0 Å². The van der Waals surface area contributed by atoms with Crippen LogP contribution in [0.15, 0.2) is 42.5 Å². The first kappa shape index (κ1) is 12.4. The van der Waals surface area contributed by atoms with E-state index >= 15 is 0 Å². The van der Waals surface area contributed by atoms with Gasteiger partial charge in [0, 0.05) is 12.6 Å². The Kier molecular flexibility index (Phi) is 3.46. The van der Waals surface area contributed by atoms with E-state index < -0.39 is 0 Å². The Morgan fingerprint density at radius 3 is 2.56 bits per heavy atom. The number of hydrogen-bond acceptors (Lipinski definition) is 3. The van der Waals surface area contributed by atoms with Gasteiger partial charge in [-0.2, -0.15) is 0 Å². The van der Waals surface area contributed by atoms with E-state index in [1.54, 1.807) is 18.2 Å². The molecule has 2 aromatic rings. The molecule has 1 aromatic carbocycles. The lowest BCUT2D eigenvalue weighted by Crippen LogP contribution is -2.23. The lowest BCUT2D eigenvalue weighted by atomic mass is 10.1. The van der Waals surface area contributed by atoms with Crippen LogP contribution in [0.1, 0.15) is 18.5 Å². The summed E-state index contributed by atoms with van der Waals surface area (Å²) >= 11 is 0. The zero-order chi connectivity index (χ0) is 13.1. The van der Waals surface area contributed by atoms with Gasteiger partial charge >= 0.3 is 0 Å². The lowest BCUT2D eigenvalue weighted by molar-refractivity contribution is 0.584. The number of hydrogen-bond donors (Lipinski definition) is 1. The normalized spacial score (nSPS) is 12.2. The van der Waals surface area contributed by atoms with Gasteiger partial charge in [-0.05, 0) is 25.1 Å². The van der Waals surface area contributed by atoms with Crippen LogP contribution in [0.5, 0.6) is 0 Å². The molecule has 0 amide bonds. The van der Waals surface area contributed by atoms with Gasteiger partial charge in [-0.25, -0.2) is 9.37 Å².